The largest absolute Gasteiger partial charge is 0.480 e. The molecule has 1 aromatic heterocycles. The third-order valence-corrected chi connectivity index (χ3v) is 1.70. The van der Waals surface area contributed by atoms with Crippen LogP contribution >= 0.6 is 15.9 Å². The summed E-state index contributed by atoms with van der Waals surface area (Å²) < 4.78 is 41.0. The van der Waals surface area contributed by atoms with Crippen molar-refractivity contribution in [2.45, 2.75) is 6.18 Å². The zero-order chi connectivity index (χ0) is 10.1. The molecule has 0 bridgehead atoms. The molecule has 0 aliphatic carbocycles. The molecule has 0 saturated heterocycles. The first-order valence-electron chi connectivity index (χ1n) is 3.09. The van der Waals surface area contributed by atoms with E-state index < -0.39 is 12.0 Å². The fourth-order valence-corrected chi connectivity index (χ4v) is 0.984. The second kappa shape index (κ2) is 3.49. The van der Waals surface area contributed by atoms with Crippen LogP contribution in [0.5, 0.6) is 5.88 Å². The Morgan fingerprint density at radius 3 is 2.54 bits per heavy atom. The Morgan fingerprint density at radius 2 is 2.08 bits per heavy atom. The van der Waals surface area contributed by atoms with Gasteiger partial charge in [0.25, 0.3) is 0 Å². The number of rotatable bonds is 1. The monoisotopic (exact) mass is 256 g/mol. The minimum Gasteiger partial charge on any atom is -0.480 e. The van der Waals surface area contributed by atoms with E-state index in [0.717, 1.165) is 6.20 Å². The number of hydrogen-bond donors (Lipinski definition) is 0. The van der Waals surface area contributed by atoms with E-state index in [2.05, 4.69) is 30.6 Å². The van der Waals surface area contributed by atoms with Gasteiger partial charge in [0.15, 0.2) is 0 Å². The summed E-state index contributed by atoms with van der Waals surface area (Å²) in [5, 5.41) is 0. The topological polar surface area (TPSA) is 35.0 Å². The molecule has 0 fully saturated rings. The average molecular weight is 257 g/mol. The van der Waals surface area contributed by atoms with Crippen molar-refractivity contribution in [2.24, 2.45) is 0 Å². The molecule has 1 aromatic rings. The van der Waals surface area contributed by atoms with Crippen molar-refractivity contribution in [3.05, 3.63) is 16.5 Å². The van der Waals surface area contributed by atoms with Crippen molar-refractivity contribution in [3.63, 3.8) is 0 Å². The maximum atomic E-state index is 12.0. The molecular formula is C6H4BrF3N2O. The lowest BCUT2D eigenvalue weighted by Crippen LogP contribution is -2.11. The second-order valence-electron chi connectivity index (χ2n) is 2.05. The van der Waals surface area contributed by atoms with E-state index in [0.29, 0.717) is 0 Å². The van der Waals surface area contributed by atoms with Gasteiger partial charge in [-0.2, -0.15) is 18.2 Å². The number of nitrogens with zero attached hydrogens (tertiary/aromatic N) is 2. The fraction of sp³-hybridized carbons (Fsp3) is 0.333. The highest BCUT2D eigenvalue weighted by Crippen LogP contribution is 2.29. The number of aromatic nitrogens is 2. The third kappa shape index (κ3) is 2.30. The lowest BCUT2D eigenvalue weighted by molar-refractivity contribution is -0.145. The summed E-state index contributed by atoms with van der Waals surface area (Å²) in [5.41, 5.74) is 0. The summed E-state index contributed by atoms with van der Waals surface area (Å²) in [6.07, 6.45) is -3.55. The average Bonchev–Trinajstić information content (AvgIpc) is 2.03. The maximum absolute atomic E-state index is 12.0. The van der Waals surface area contributed by atoms with E-state index in [9.17, 15) is 13.2 Å². The van der Waals surface area contributed by atoms with Crippen molar-refractivity contribution in [3.8, 4) is 5.88 Å². The van der Waals surface area contributed by atoms with Crippen LogP contribution < -0.4 is 4.74 Å². The van der Waals surface area contributed by atoms with Gasteiger partial charge in [-0.1, -0.05) is 0 Å². The van der Waals surface area contributed by atoms with Gasteiger partial charge in [0.1, 0.15) is 0 Å². The molecule has 0 amide bonds. The van der Waals surface area contributed by atoms with Crippen molar-refractivity contribution < 1.29 is 17.9 Å². The molecule has 0 radical (unpaired) electrons. The van der Waals surface area contributed by atoms with Crippen LogP contribution in [0.25, 0.3) is 0 Å². The first-order valence-corrected chi connectivity index (χ1v) is 3.88. The first kappa shape index (κ1) is 10.2. The Morgan fingerprint density at radius 1 is 1.46 bits per heavy atom. The predicted molar refractivity (Wildman–Crippen MR) is 41.3 cm³/mol. The van der Waals surface area contributed by atoms with Crippen molar-refractivity contribution in [1.82, 2.24) is 9.97 Å². The number of ether oxygens (including phenoxy) is 1. The number of hydrogen-bond acceptors (Lipinski definition) is 3. The molecule has 72 valence electrons. The standard InChI is InChI=1S/C6H4BrF3N2O/c1-13-4-3(7)2-11-5(12-4)6(8,9)10/h2H,1H3. The Labute approximate surface area is 80.1 Å². The van der Waals surface area contributed by atoms with Crippen LogP contribution in [0.3, 0.4) is 0 Å². The molecule has 0 aliphatic heterocycles. The summed E-state index contributed by atoms with van der Waals surface area (Å²) in [4.78, 5) is 6.25. The van der Waals surface area contributed by atoms with Gasteiger partial charge in [0.05, 0.1) is 11.6 Å². The van der Waals surface area contributed by atoms with Gasteiger partial charge in [-0.15, -0.1) is 0 Å². The predicted octanol–water partition coefficient (Wildman–Crippen LogP) is 2.27. The zero-order valence-corrected chi connectivity index (χ0v) is 7.98. The van der Waals surface area contributed by atoms with Crippen LogP contribution in [0, 0.1) is 0 Å². The smallest absolute Gasteiger partial charge is 0.451 e. The normalized spacial score (nSPS) is 11.5. The molecule has 13 heavy (non-hydrogen) atoms. The Balaban J connectivity index is 3.14. The van der Waals surface area contributed by atoms with Gasteiger partial charge >= 0.3 is 6.18 Å². The van der Waals surface area contributed by atoms with Gasteiger partial charge in [-0.05, 0) is 15.9 Å². The van der Waals surface area contributed by atoms with E-state index >= 15 is 0 Å². The quantitative estimate of drug-likeness (QED) is 0.774. The number of methoxy groups -OCH3 is 1. The van der Waals surface area contributed by atoms with Crippen molar-refractivity contribution >= 4 is 15.9 Å². The van der Waals surface area contributed by atoms with Gasteiger partial charge in [-0.3, -0.25) is 0 Å². The second-order valence-corrected chi connectivity index (χ2v) is 2.90. The van der Waals surface area contributed by atoms with Crippen LogP contribution in [0.4, 0.5) is 13.2 Å². The minimum absolute atomic E-state index is 0.137. The molecule has 0 N–H and O–H groups in total. The van der Waals surface area contributed by atoms with E-state index in [1.54, 1.807) is 0 Å². The molecule has 0 saturated carbocycles. The zero-order valence-electron chi connectivity index (χ0n) is 6.39. The van der Waals surface area contributed by atoms with Crippen LogP contribution in [0.2, 0.25) is 0 Å². The molecule has 1 heterocycles. The first-order chi connectivity index (χ1) is 5.95. The van der Waals surface area contributed by atoms with Gasteiger partial charge in [0.2, 0.25) is 11.7 Å². The molecule has 0 unspecified atom stereocenters. The lowest BCUT2D eigenvalue weighted by atomic mass is 10.5. The van der Waals surface area contributed by atoms with Crippen LogP contribution in [0.1, 0.15) is 5.82 Å². The van der Waals surface area contributed by atoms with E-state index in [1.807, 2.05) is 0 Å². The Kier molecular flexibility index (Phi) is 2.74. The highest BCUT2D eigenvalue weighted by Gasteiger charge is 2.35. The summed E-state index contributed by atoms with van der Waals surface area (Å²) >= 11 is 2.94. The Bertz CT molecular complexity index is 315. The third-order valence-electron chi connectivity index (χ3n) is 1.16. The molecule has 0 aliphatic rings. The highest BCUT2D eigenvalue weighted by atomic mass is 79.9. The van der Waals surface area contributed by atoms with Crippen LogP contribution in [-0.4, -0.2) is 17.1 Å². The highest BCUT2D eigenvalue weighted by molar-refractivity contribution is 9.10. The molecule has 0 atom stereocenters. The molecule has 0 spiro atoms. The Hall–Kier alpha value is -0.850. The lowest BCUT2D eigenvalue weighted by Gasteiger charge is -2.06. The molecule has 7 heteroatoms. The van der Waals surface area contributed by atoms with Crippen molar-refractivity contribution in [2.75, 3.05) is 7.11 Å². The summed E-state index contributed by atoms with van der Waals surface area (Å²) in [5.74, 6) is -1.35. The summed E-state index contributed by atoms with van der Waals surface area (Å²) in [6.45, 7) is 0. The maximum Gasteiger partial charge on any atom is 0.451 e. The molecule has 3 nitrogen and oxygen atoms in total. The van der Waals surface area contributed by atoms with Crippen LogP contribution in [0.15, 0.2) is 10.7 Å². The van der Waals surface area contributed by atoms with Crippen LogP contribution in [-0.2, 0) is 6.18 Å². The van der Waals surface area contributed by atoms with Gasteiger partial charge in [-0.25, -0.2) is 4.98 Å². The van der Waals surface area contributed by atoms with E-state index in [-0.39, 0.29) is 10.4 Å². The van der Waals surface area contributed by atoms with E-state index in [4.69, 9.17) is 0 Å². The van der Waals surface area contributed by atoms with Gasteiger partial charge in [0, 0.05) is 6.20 Å². The van der Waals surface area contributed by atoms with E-state index in [1.165, 1.54) is 7.11 Å². The number of alkyl halides is 3. The fourth-order valence-electron chi connectivity index (χ4n) is 0.631. The molecule has 0 aromatic carbocycles. The van der Waals surface area contributed by atoms with Crippen molar-refractivity contribution in [1.29, 1.82) is 0 Å². The number of halogens is 4. The summed E-state index contributed by atoms with van der Waals surface area (Å²) in [6, 6.07) is 0. The molecule has 1 rings (SSSR count). The minimum atomic E-state index is -4.55. The SMILES string of the molecule is COc1nc(C(F)(F)F)ncc1Br. The van der Waals surface area contributed by atoms with Gasteiger partial charge < -0.3 is 4.74 Å². The molecular weight excluding hydrogens is 253 g/mol. The summed E-state index contributed by atoms with van der Waals surface area (Å²) in [7, 11) is 1.23.